The van der Waals surface area contributed by atoms with Crippen LogP contribution in [0.1, 0.15) is 31.7 Å². The number of carbonyl (C=O) groups is 2. The van der Waals surface area contributed by atoms with Crippen molar-refractivity contribution in [2.75, 3.05) is 26.7 Å². The average Bonchev–Trinajstić information content (AvgIpc) is 3.04. The molecule has 0 spiro atoms. The predicted molar refractivity (Wildman–Crippen MR) is 77.4 cm³/mol. The summed E-state index contributed by atoms with van der Waals surface area (Å²) in [6.07, 6.45) is 6.92. The first-order valence-corrected chi connectivity index (χ1v) is 7.67. The molecule has 0 aromatic carbocycles. The van der Waals surface area contributed by atoms with Crippen molar-refractivity contribution >= 4 is 11.8 Å². The van der Waals surface area contributed by atoms with Crippen LogP contribution in [0.4, 0.5) is 0 Å². The number of piperidine rings is 2. The fourth-order valence-corrected chi connectivity index (χ4v) is 3.28. The maximum absolute atomic E-state index is 12.6. The minimum absolute atomic E-state index is 0.0836. The highest BCUT2D eigenvalue weighted by Crippen LogP contribution is 2.25. The molecule has 6 nitrogen and oxygen atoms in total. The quantitative estimate of drug-likeness (QED) is 0.813. The predicted octanol–water partition coefficient (Wildman–Crippen LogP) is 0.915. The van der Waals surface area contributed by atoms with Gasteiger partial charge in [0.2, 0.25) is 11.8 Å². The van der Waals surface area contributed by atoms with Crippen LogP contribution in [0.15, 0.2) is 18.5 Å². The van der Waals surface area contributed by atoms with Crippen molar-refractivity contribution in [3.63, 3.8) is 0 Å². The lowest BCUT2D eigenvalue weighted by atomic mass is 9.93. The fourth-order valence-electron chi connectivity index (χ4n) is 3.28. The second kappa shape index (κ2) is 5.87. The molecule has 1 aromatic rings. The Bertz CT molecular complexity index is 514. The minimum atomic E-state index is -0.134. The SMILES string of the molecule is CN1CC[C@H](C(=O)N2CCC[C@@H](n3cccn3)C2)CC1=O. The van der Waals surface area contributed by atoms with E-state index in [0.717, 1.165) is 25.8 Å². The number of hydrogen-bond acceptors (Lipinski definition) is 3. The van der Waals surface area contributed by atoms with Crippen molar-refractivity contribution in [3.05, 3.63) is 18.5 Å². The molecule has 2 saturated heterocycles. The summed E-state index contributed by atoms with van der Waals surface area (Å²) >= 11 is 0. The lowest BCUT2D eigenvalue weighted by molar-refractivity contribution is -0.145. The molecule has 114 valence electrons. The van der Waals surface area contributed by atoms with E-state index in [1.807, 2.05) is 21.8 Å². The van der Waals surface area contributed by atoms with Crippen LogP contribution in [0.2, 0.25) is 0 Å². The Morgan fingerprint density at radius 3 is 2.90 bits per heavy atom. The molecule has 3 rings (SSSR count). The van der Waals surface area contributed by atoms with Gasteiger partial charge in [-0.2, -0.15) is 5.10 Å². The molecule has 0 N–H and O–H groups in total. The van der Waals surface area contributed by atoms with Crippen molar-refractivity contribution in [1.82, 2.24) is 19.6 Å². The Morgan fingerprint density at radius 2 is 2.19 bits per heavy atom. The van der Waals surface area contributed by atoms with Gasteiger partial charge in [0.1, 0.15) is 0 Å². The largest absolute Gasteiger partial charge is 0.346 e. The normalized spacial score (nSPS) is 27.0. The monoisotopic (exact) mass is 290 g/mol. The van der Waals surface area contributed by atoms with E-state index in [0.29, 0.717) is 19.5 Å². The Balaban J connectivity index is 1.63. The van der Waals surface area contributed by atoms with Crippen molar-refractivity contribution < 1.29 is 9.59 Å². The topological polar surface area (TPSA) is 58.4 Å². The van der Waals surface area contributed by atoms with Gasteiger partial charge >= 0.3 is 0 Å². The number of rotatable bonds is 2. The van der Waals surface area contributed by atoms with Gasteiger partial charge in [0.15, 0.2) is 0 Å². The first-order chi connectivity index (χ1) is 10.1. The summed E-state index contributed by atoms with van der Waals surface area (Å²) in [5.41, 5.74) is 0. The van der Waals surface area contributed by atoms with Crippen molar-refractivity contribution in [1.29, 1.82) is 0 Å². The van der Waals surface area contributed by atoms with Crippen LogP contribution in [0.5, 0.6) is 0 Å². The molecule has 0 bridgehead atoms. The van der Waals surface area contributed by atoms with Gasteiger partial charge in [-0.3, -0.25) is 14.3 Å². The number of nitrogens with zero attached hydrogens (tertiary/aromatic N) is 4. The van der Waals surface area contributed by atoms with Crippen LogP contribution in [-0.4, -0.2) is 58.1 Å². The summed E-state index contributed by atoms with van der Waals surface area (Å²) in [5.74, 6) is 0.0959. The first kappa shape index (κ1) is 14.1. The van der Waals surface area contributed by atoms with Gasteiger partial charge in [-0.25, -0.2) is 0 Å². The van der Waals surface area contributed by atoms with E-state index in [9.17, 15) is 9.59 Å². The molecule has 2 atom stereocenters. The summed E-state index contributed by atoms with van der Waals surface area (Å²) in [4.78, 5) is 28.1. The van der Waals surface area contributed by atoms with Crippen LogP contribution in [0, 0.1) is 5.92 Å². The van der Waals surface area contributed by atoms with E-state index in [4.69, 9.17) is 0 Å². The molecule has 0 saturated carbocycles. The second-order valence-corrected chi connectivity index (χ2v) is 6.07. The van der Waals surface area contributed by atoms with Gasteiger partial charge in [-0.1, -0.05) is 0 Å². The lowest BCUT2D eigenvalue weighted by Crippen LogP contribution is -2.47. The third-order valence-corrected chi connectivity index (χ3v) is 4.62. The maximum atomic E-state index is 12.6. The fraction of sp³-hybridized carbons (Fsp3) is 0.667. The summed E-state index contributed by atoms with van der Waals surface area (Å²) < 4.78 is 1.94. The molecule has 2 amide bonds. The number of hydrogen-bond donors (Lipinski definition) is 0. The molecule has 0 radical (unpaired) electrons. The highest BCUT2D eigenvalue weighted by Gasteiger charge is 2.33. The highest BCUT2D eigenvalue weighted by molar-refractivity contribution is 5.87. The van der Waals surface area contributed by atoms with Crippen molar-refractivity contribution in [2.45, 2.75) is 31.7 Å². The van der Waals surface area contributed by atoms with Gasteiger partial charge in [0.25, 0.3) is 0 Å². The van der Waals surface area contributed by atoms with Crippen LogP contribution in [-0.2, 0) is 9.59 Å². The van der Waals surface area contributed by atoms with E-state index >= 15 is 0 Å². The standard InChI is InChI=1S/C15H22N4O2/c1-17-9-5-12(10-14(17)20)15(21)18-7-2-4-13(11-18)19-8-3-6-16-19/h3,6,8,12-13H,2,4-5,7,9-11H2,1H3/t12-,13+/m0/s1. The van der Waals surface area contributed by atoms with E-state index < -0.39 is 0 Å². The zero-order valence-corrected chi connectivity index (χ0v) is 12.4. The molecule has 2 aliphatic rings. The van der Waals surface area contributed by atoms with Crippen LogP contribution < -0.4 is 0 Å². The molecule has 21 heavy (non-hydrogen) atoms. The van der Waals surface area contributed by atoms with Gasteiger partial charge in [0, 0.05) is 51.4 Å². The number of likely N-dealkylation sites (tertiary alicyclic amines) is 2. The lowest BCUT2D eigenvalue weighted by Gasteiger charge is -2.37. The Morgan fingerprint density at radius 1 is 1.33 bits per heavy atom. The van der Waals surface area contributed by atoms with Gasteiger partial charge in [0.05, 0.1) is 6.04 Å². The zero-order chi connectivity index (χ0) is 14.8. The van der Waals surface area contributed by atoms with Crippen LogP contribution in [0.3, 0.4) is 0 Å². The Kier molecular flexibility index (Phi) is 3.94. The molecule has 2 aliphatic heterocycles. The first-order valence-electron chi connectivity index (χ1n) is 7.67. The van der Waals surface area contributed by atoms with E-state index in [-0.39, 0.29) is 23.8 Å². The summed E-state index contributed by atoms with van der Waals surface area (Å²) in [6.45, 7) is 2.20. The highest BCUT2D eigenvalue weighted by atomic mass is 16.2. The number of aromatic nitrogens is 2. The Hall–Kier alpha value is -1.85. The minimum Gasteiger partial charge on any atom is -0.346 e. The number of carbonyl (C=O) groups excluding carboxylic acids is 2. The van der Waals surface area contributed by atoms with Crippen molar-refractivity contribution in [2.24, 2.45) is 5.92 Å². The molecule has 0 aliphatic carbocycles. The van der Waals surface area contributed by atoms with E-state index in [2.05, 4.69) is 5.10 Å². The van der Waals surface area contributed by atoms with E-state index in [1.54, 1.807) is 18.1 Å². The molecule has 3 heterocycles. The smallest absolute Gasteiger partial charge is 0.226 e. The molecule has 1 aromatic heterocycles. The van der Waals surface area contributed by atoms with E-state index in [1.165, 1.54) is 0 Å². The van der Waals surface area contributed by atoms with Gasteiger partial charge < -0.3 is 9.80 Å². The summed E-state index contributed by atoms with van der Waals surface area (Å²) in [6, 6.07) is 2.18. The molecular weight excluding hydrogens is 268 g/mol. The third kappa shape index (κ3) is 2.94. The molecule has 0 unspecified atom stereocenters. The van der Waals surface area contributed by atoms with Crippen LogP contribution >= 0.6 is 0 Å². The third-order valence-electron chi connectivity index (χ3n) is 4.62. The summed E-state index contributed by atoms with van der Waals surface area (Å²) in [5, 5.41) is 4.29. The Labute approximate surface area is 124 Å². The molecular formula is C15H22N4O2. The zero-order valence-electron chi connectivity index (χ0n) is 12.4. The van der Waals surface area contributed by atoms with Gasteiger partial charge in [-0.05, 0) is 25.3 Å². The maximum Gasteiger partial charge on any atom is 0.226 e. The van der Waals surface area contributed by atoms with Crippen molar-refractivity contribution in [3.8, 4) is 0 Å². The summed E-state index contributed by atoms with van der Waals surface area (Å²) in [7, 11) is 1.80. The van der Waals surface area contributed by atoms with Crippen LogP contribution in [0.25, 0.3) is 0 Å². The second-order valence-electron chi connectivity index (χ2n) is 6.07. The number of amides is 2. The van der Waals surface area contributed by atoms with Gasteiger partial charge in [-0.15, -0.1) is 0 Å². The average molecular weight is 290 g/mol. The molecule has 6 heteroatoms. The molecule has 2 fully saturated rings.